The molecule has 3 heterocycles. The highest BCUT2D eigenvalue weighted by Crippen LogP contribution is 2.37. The molecule has 0 unspecified atom stereocenters. The van der Waals surface area contributed by atoms with Gasteiger partial charge in [0.2, 0.25) is 0 Å². The van der Waals surface area contributed by atoms with E-state index in [1.807, 2.05) is 78.9 Å². The van der Waals surface area contributed by atoms with Crippen molar-refractivity contribution >= 4 is 39.3 Å². The van der Waals surface area contributed by atoms with E-state index in [0.29, 0.717) is 26.4 Å². The summed E-state index contributed by atoms with van der Waals surface area (Å²) in [6, 6.07) is 37.4. The van der Waals surface area contributed by atoms with E-state index in [2.05, 4.69) is 63.0 Å². The van der Waals surface area contributed by atoms with Crippen LogP contribution < -0.4 is 19.6 Å². The molecular formula is C40H32BrN3O4S. The Morgan fingerprint density at radius 3 is 2.20 bits per heavy atom. The highest BCUT2D eigenvalue weighted by Gasteiger charge is 2.33. The van der Waals surface area contributed by atoms with Gasteiger partial charge in [0.25, 0.3) is 5.56 Å². The first-order valence-electron chi connectivity index (χ1n) is 15.8. The van der Waals surface area contributed by atoms with Gasteiger partial charge in [0.05, 0.1) is 46.9 Å². The number of carbonyl (C=O) groups excluding carboxylic acids is 1. The number of aromatic nitrogens is 2. The lowest BCUT2D eigenvalue weighted by atomic mass is 9.96. The summed E-state index contributed by atoms with van der Waals surface area (Å²) in [6.45, 7) is 3.76. The Morgan fingerprint density at radius 1 is 0.918 bits per heavy atom. The number of halogens is 1. The number of allylic oxidation sites excluding steroid dienone is 1. The quantitative estimate of drug-likeness (QED) is 0.151. The Morgan fingerprint density at radius 2 is 1.57 bits per heavy atom. The molecule has 0 amide bonds. The second kappa shape index (κ2) is 13.7. The summed E-state index contributed by atoms with van der Waals surface area (Å²) in [5.41, 5.74) is 7.20. The smallest absolute Gasteiger partial charge is 0.338 e. The number of methoxy groups -OCH3 is 1. The van der Waals surface area contributed by atoms with Crippen LogP contribution in [0.25, 0.3) is 34.3 Å². The van der Waals surface area contributed by atoms with Gasteiger partial charge in [0.1, 0.15) is 5.75 Å². The third-order valence-corrected chi connectivity index (χ3v) is 9.98. The zero-order chi connectivity index (χ0) is 34.1. The molecule has 7 rings (SSSR count). The van der Waals surface area contributed by atoms with E-state index in [1.54, 1.807) is 25.5 Å². The van der Waals surface area contributed by atoms with Crippen molar-refractivity contribution in [3.63, 3.8) is 0 Å². The molecule has 1 atom stereocenters. The van der Waals surface area contributed by atoms with Gasteiger partial charge in [0.15, 0.2) is 4.80 Å². The average molecular weight is 731 g/mol. The maximum absolute atomic E-state index is 14.5. The van der Waals surface area contributed by atoms with Gasteiger partial charge in [-0.25, -0.2) is 9.79 Å². The van der Waals surface area contributed by atoms with Crippen LogP contribution in [0.2, 0.25) is 0 Å². The third-order valence-electron chi connectivity index (χ3n) is 8.47. The van der Waals surface area contributed by atoms with Crippen LogP contribution in [0.5, 0.6) is 5.75 Å². The van der Waals surface area contributed by atoms with Crippen LogP contribution in [0.3, 0.4) is 0 Å². The minimum absolute atomic E-state index is 0.205. The summed E-state index contributed by atoms with van der Waals surface area (Å²) >= 11 is 4.89. The van der Waals surface area contributed by atoms with Crippen molar-refractivity contribution in [1.82, 2.24) is 9.13 Å². The fourth-order valence-electron chi connectivity index (χ4n) is 6.25. The lowest BCUT2D eigenvalue weighted by Gasteiger charge is -2.24. The predicted octanol–water partition coefficient (Wildman–Crippen LogP) is 7.69. The molecule has 0 aliphatic carbocycles. The van der Waals surface area contributed by atoms with Gasteiger partial charge in [-0.15, -0.1) is 0 Å². The first kappa shape index (κ1) is 32.3. The molecule has 7 nitrogen and oxygen atoms in total. The Kier molecular flexibility index (Phi) is 9.03. The van der Waals surface area contributed by atoms with Crippen LogP contribution in [0.15, 0.2) is 141 Å². The molecule has 9 heteroatoms. The van der Waals surface area contributed by atoms with E-state index in [0.717, 1.165) is 43.8 Å². The van der Waals surface area contributed by atoms with Gasteiger partial charge in [-0.3, -0.25) is 9.36 Å². The highest BCUT2D eigenvalue weighted by molar-refractivity contribution is 9.10. The number of thiazole rings is 1. The summed E-state index contributed by atoms with van der Waals surface area (Å²) in [5, 5.41) is 0. The topological polar surface area (TPSA) is 74.8 Å². The maximum Gasteiger partial charge on any atom is 0.338 e. The molecule has 0 spiro atoms. The van der Waals surface area contributed by atoms with Crippen molar-refractivity contribution in [2.75, 3.05) is 13.7 Å². The minimum atomic E-state index is -0.718. The molecule has 0 saturated heterocycles. The fourth-order valence-corrected chi connectivity index (χ4v) is 7.55. The Labute approximate surface area is 295 Å². The number of ether oxygens (including phenoxy) is 2. The van der Waals surface area contributed by atoms with Crippen LogP contribution in [0.1, 0.15) is 31.0 Å². The Balaban J connectivity index is 1.50. The second-order valence-corrected chi connectivity index (χ2v) is 13.4. The molecule has 2 aromatic heterocycles. The molecule has 244 valence electrons. The number of hydrogen-bond acceptors (Lipinski definition) is 6. The molecule has 1 aliphatic rings. The fraction of sp³-hybridized carbons (Fsp3) is 0.125. The van der Waals surface area contributed by atoms with Crippen LogP contribution in [0.4, 0.5) is 0 Å². The summed E-state index contributed by atoms with van der Waals surface area (Å²) in [5.74, 6) is 0.178. The van der Waals surface area contributed by atoms with Gasteiger partial charge < -0.3 is 14.0 Å². The van der Waals surface area contributed by atoms with Gasteiger partial charge in [-0.1, -0.05) is 100 Å². The van der Waals surface area contributed by atoms with Crippen LogP contribution in [0, 0.1) is 0 Å². The molecule has 0 bridgehead atoms. The molecule has 0 N–H and O–H groups in total. The normalized spacial score (nSPS) is 14.4. The zero-order valence-corrected chi connectivity index (χ0v) is 29.5. The lowest BCUT2D eigenvalue weighted by Crippen LogP contribution is -2.39. The Bertz CT molecular complexity index is 2370. The monoisotopic (exact) mass is 729 g/mol. The Hall–Kier alpha value is -5.25. The average Bonchev–Trinajstić information content (AvgIpc) is 3.65. The zero-order valence-electron chi connectivity index (χ0n) is 27.1. The van der Waals surface area contributed by atoms with E-state index < -0.39 is 12.0 Å². The van der Waals surface area contributed by atoms with E-state index in [4.69, 9.17) is 14.5 Å². The standard InChI is InChI=1S/C40H32BrN3O4S/c1-4-48-39(46)35-25(2)42-40-44(37(35)28-15-21-32(47-3)22-16-28)38(45)34(49-40)24-29-23-33(26-11-7-5-8-12-26)43(31-19-17-30(41)18-20-31)36(29)27-13-9-6-10-14-27/h5-24,37H,4H2,1-3H3/b34-24-/t37-/m1/s1. The SMILES string of the molecule is CCOC(=O)C1=C(C)N=c2s/c(=C\c3cc(-c4ccccc4)n(-c4ccc(Br)cc4)c3-c3ccccc3)c(=O)n2[C@@H]1c1ccc(OC)cc1. The number of fused-ring (bicyclic) bond motifs is 1. The number of carbonyl (C=O) groups is 1. The summed E-state index contributed by atoms with van der Waals surface area (Å²) in [7, 11) is 1.60. The van der Waals surface area contributed by atoms with Crippen LogP contribution in [-0.4, -0.2) is 28.8 Å². The van der Waals surface area contributed by atoms with E-state index in [-0.39, 0.29) is 12.2 Å². The largest absolute Gasteiger partial charge is 0.497 e. The molecular weight excluding hydrogens is 698 g/mol. The van der Waals surface area contributed by atoms with Crippen molar-refractivity contribution in [2.24, 2.45) is 4.99 Å². The van der Waals surface area contributed by atoms with E-state index in [1.165, 1.54) is 11.3 Å². The summed E-state index contributed by atoms with van der Waals surface area (Å²) < 4.78 is 16.2. The number of benzene rings is 4. The third kappa shape index (κ3) is 6.11. The van der Waals surface area contributed by atoms with Crippen LogP contribution >= 0.6 is 27.3 Å². The highest BCUT2D eigenvalue weighted by atomic mass is 79.9. The van der Waals surface area contributed by atoms with Crippen molar-refractivity contribution in [1.29, 1.82) is 0 Å². The maximum atomic E-state index is 14.5. The van der Waals surface area contributed by atoms with Crippen molar-refractivity contribution in [3.05, 3.63) is 162 Å². The lowest BCUT2D eigenvalue weighted by molar-refractivity contribution is -0.139. The molecule has 0 radical (unpaired) electrons. The van der Waals surface area contributed by atoms with Gasteiger partial charge >= 0.3 is 5.97 Å². The van der Waals surface area contributed by atoms with Gasteiger partial charge in [0, 0.05) is 15.7 Å². The molecule has 4 aromatic carbocycles. The number of hydrogen-bond donors (Lipinski definition) is 0. The predicted molar refractivity (Wildman–Crippen MR) is 198 cm³/mol. The van der Waals surface area contributed by atoms with Crippen molar-refractivity contribution in [3.8, 4) is 34.0 Å². The van der Waals surface area contributed by atoms with E-state index >= 15 is 0 Å². The van der Waals surface area contributed by atoms with Gasteiger partial charge in [-0.05, 0) is 79.1 Å². The van der Waals surface area contributed by atoms with Crippen molar-refractivity contribution in [2.45, 2.75) is 19.9 Å². The summed E-state index contributed by atoms with van der Waals surface area (Å²) in [4.78, 5) is 33.2. The van der Waals surface area contributed by atoms with Gasteiger partial charge in [-0.2, -0.15) is 0 Å². The molecule has 49 heavy (non-hydrogen) atoms. The molecule has 0 fully saturated rings. The number of esters is 1. The molecule has 0 saturated carbocycles. The summed E-state index contributed by atoms with van der Waals surface area (Å²) in [6.07, 6.45) is 1.95. The first-order chi connectivity index (χ1) is 23.9. The molecule has 1 aliphatic heterocycles. The minimum Gasteiger partial charge on any atom is -0.497 e. The second-order valence-electron chi connectivity index (χ2n) is 11.5. The number of nitrogens with zero attached hydrogens (tertiary/aromatic N) is 3. The number of rotatable bonds is 8. The molecule has 6 aromatic rings. The van der Waals surface area contributed by atoms with E-state index in [9.17, 15) is 9.59 Å². The first-order valence-corrected chi connectivity index (χ1v) is 17.4. The van der Waals surface area contributed by atoms with Crippen molar-refractivity contribution < 1.29 is 14.3 Å². The van der Waals surface area contributed by atoms with Crippen LogP contribution in [-0.2, 0) is 9.53 Å².